The van der Waals surface area contributed by atoms with Crippen molar-refractivity contribution >= 4 is 33.2 Å². The van der Waals surface area contributed by atoms with Gasteiger partial charge in [-0.25, -0.2) is 9.97 Å². The molecule has 0 aromatic carbocycles. The van der Waals surface area contributed by atoms with E-state index in [-0.39, 0.29) is 0 Å². The molecule has 0 unspecified atom stereocenters. The third-order valence-electron chi connectivity index (χ3n) is 2.79. The number of rotatable bonds is 2. The predicted molar refractivity (Wildman–Crippen MR) is 74.9 cm³/mol. The molecule has 0 aliphatic heterocycles. The van der Waals surface area contributed by atoms with Crippen molar-refractivity contribution in [2.24, 2.45) is 0 Å². The molecule has 5 heteroatoms. The van der Waals surface area contributed by atoms with E-state index in [1.807, 2.05) is 24.6 Å². The average molecular weight is 276 g/mol. The fourth-order valence-corrected chi connectivity index (χ4v) is 2.77. The van der Waals surface area contributed by atoms with Crippen LogP contribution in [0.3, 0.4) is 0 Å². The highest BCUT2D eigenvalue weighted by molar-refractivity contribution is 7.17. The molecule has 3 rings (SSSR count). The number of hydrogen-bond donors (Lipinski definition) is 0. The molecule has 3 heterocycles. The topological polar surface area (TPSA) is 38.7 Å². The lowest BCUT2D eigenvalue weighted by atomic mass is 10.2. The summed E-state index contributed by atoms with van der Waals surface area (Å²) in [6, 6.07) is 4.08. The van der Waals surface area contributed by atoms with Gasteiger partial charge >= 0.3 is 0 Å². The first-order valence-corrected chi connectivity index (χ1v) is 6.91. The number of nitrogens with zero attached hydrogens (tertiary/aromatic N) is 3. The molecule has 0 spiro atoms. The van der Waals surface area contributed by atoms with Gasteiger partial charge in [0, 0.05) is 29.2 Å². The zero-order chi connectivity index (χ0) is 12.5. The normalized spacial score (nSPS) is 11.0. The Hall–Kier alpha value is -1.52. The Morgan fingerprint density at radius 2 is 2.17 bits per heavy atom. The van der Waals surface area contributed by atoms with Gasteiger partial charge in [0.2, 0.25) is 0 Å². The molecule has 0 aliphatic rings. The summed E-state index contributed by atoms with van der Waals surface area (Å²) in [7, 11) is 0. The Labute approximate surface area is 114 Å². The minimum Gasteiger partial charge on any atom is -0.255 e. The molecule has 0 saturated carbocycles. The standard InChI is InChI=1S/C13H10ClN3S/c1-8-10(5-14)7-16-13(17-8)9-4-12-11(15-6-9)2-3-18-12/h2-4,6-7H,5H2,1H3. The number of aryl methyl sites for hydroxylation is 1. The quantitative estimate of drug-likeness (QED) is 0.668. The van der Waals surface area contributed by atoms with Crippen molar-refractivity contribution < 1.29 is 0 Å². The molecule has 0 amide bonds. The van der Waals surface area contributed by atoms with Gasteiger partial charge in [-0.05, 0) is 24.4 Å². The molecule has 90 valence electrons. The number of thiophene rings is 1. The lowest BCUT2D eigenvalue weighted by Crippen LogP contribution is -1.96. The van der Waals surface area contributed by atoms with Gasteiger partial charge < -0.3 is 0 Å². The molecule has 3 aromatic heterocycles. The summed E-state index contributed by atoms with van der Waals surface area (Å²) in [6.07, 6.45) is 3.59. The van der Waals surface area contributed by atoms with Crippen LogP contribution in [0.15, 0.2) is 29.9 Å². The lowest BCUT2D eigenvalue weighted by molar-refractivity contribution is 1.06. The van der Waals surface area contributed by atoms with E-state index in [9.17, 15) is 0 Å². The van der Waals surface area contributed by atoms with Gasteiger partial charge in [0.1, 0.15) is 0 Å². The minimum atomic E-state index is 0.439. The van der Waals surface area contributed by atoms with Crippen LogP contribution >= 0.6 is 22.9 Å². The average Bonchev–Trinajstić information content (AvgIpc) is 2.85. The highest BCUT2D eigenvalue weighted by Gasteiger charge is 2.07. The molecule has 0 N–H and O–H groups in total. The Balaban J connectivity index is 2.10. The molecule has 3 nitrogen and oxygen atoms in total. The molecule has 18 heavy (non-hydrogen) atoms. The zero-order valence-electron chi connectivity index (χ0n) is 9.72. The number of fused-ring (bicyclic) bond motifs is 1. The first-order valence-electron chi connectivity index (χ1n) is 5.50. The van der Waals surface area contributed by atoms with Crippen LogP contribution in [-0.4, -0.2) is 15.0 Å². The summed E-state index contributed by atoms with van der Waals surface area (Å²) in [4.78, 5) is 13.2. The van der Waals surface area contributed by atoms with E-state index in [4.69, 9.17) is 11.6 Å². The molecule has 0 bridgehead atoms. The molecular weight excluding hydrogens is 266 g/mol. The summed E-state index contributed by atoms with van der Waals surface area (Å²) >= 11 is 7.47. The highest BCUT2D eigenvalue weighted by Crippen LogP contribution is 2.24. The Morgan fingerprint density at radius 3 is 2.94 bits per heavy atom. The van der Waals surface area contributed by atoms with Gasteiger partial charge in [0.05, 0.1) is 16.1 Å². The largest absolute Gasteiger partial charge is 0.255 e. The Bertz CT molecular complexity index is 708. The van der Waals surface area contributed by atoms with Crippen molar-refractivity contribution in [1.82, 2.24) is 15.0 Å². The molecule has 0 atom stereocenters. The highest BCUT2D eigenvalue weighted by atomic mass is 35.5. The molecule has 0 radical (unpaired) electrons. The summed E-state index contributed by atoms with van der Waals surface area (Å²) in [5.41, 5.74) is 3.83. The van der Waals surface area contributed by atoms with Gasteiger partial charge in [-0.15, -0.1) is 22.9 Å². The number of hydrogen-bond acceptors (Lipinski definition) is 4. The number of halogens is 1. The van der Waals surface area contributed by atoms with Gasteiger partial charge in [-0.3, -0.25) is 4.98 Å². The molecule has 3 aromatic rings. The smallest absolute Gasteiger partial charge is 0.160 e. The van der Waals surface area contributed by atoms with Crippen molar-refractivity contribution in [3.05, 3.63) is 41.2 Å². The monoisotopic (exact) mass is 275 g/mol. The van der Waals surface area contributed by atoms with Crippen LogP contribution in [0, 0.1) is 6.92 Å². The van der Waals surface area contributed by atoms with Crippen LogP contribution in [0.4, 0.5) is 0 Å². The summed E-state index contributed by atoms with van der Waals surface area (Å²) < 4.78 is 1.15. The van der Waals surface area contributed by atoms with Crippen LogP contribution in [0.1, 0.15) is 11.3 Å². The van der Waals surface area contributed by atoms with Crippen molar-refractivity contribution in [3.8, 4) is 11.4 Å². The SMILES string of the molecule is Cc1nc(-c2cnc3ccsc3c2)ncc1CCl. The Morgan fingerprint density at radius 1 is 1.28 bits per heavy atom. The van der Waals surface area contributed by atoms with Crippen LogP contribution in [0.25, 0.3) is 21.6 Å². The van der Waals surface area contributed by atoms with Gasteiger partial charge in [0.25, 0.3) is 0 Å². The minimum absolute atomic E-state index is 0.439. The second-order valence-electron chi connectivity index (χ2n) is 3.97. The van der Waals surface area contributed by atoms with Crippen LogP contribution in [0.5, 0.6) is 0 Å². The Kier molecular flexibility index (Phi) is 2.97. The maximum Gasteiger partial charge on any atom is 0.160 e. The summed E-state index contributed by atoms with van der Waals surface area (Å²) in [5.74, 6) is 1.14. The lowest BCUT2D eigenvalue weighted by Gasteiger charge is -2.04. The zero-order valence-corrected chi connectivity index (χ0v) is 11.3. The first-order chi connectivity index (χ1) is 8.78. The van der Waals surface area contributed by atoms with Crippen molar-refractivity contribution in [3.63, 3.8) is 0 Å². The van der Waals surface area contributed by atoms with Gasteiger partial charge in [-0.2, -0.15) is 0 Å². The van der Waals surface area contributed by atoms with E-state index >= 15 is 0 Å². The van der Waals surface area contributed by atoms with Crippen LogP contribution < -0.4 is 0 Å². The number of alkyl halides is 1. The van der Waals surface area contributed by atoms with E-state index in [2.05, 4.69) is 21.0 Å². The van der Waals surface area contributed by atoms with Gasteiger partial charge in [-0.1, -0.05) is 0 Å². The summed E-state index contributed by atoms with van der Waals surface area (Å²) in [5, 5.41) is 2.03. The third-order valence-corrected chi connectivity index (χ3v) is 3.93. The maximum atomic E-state index is 5.80. The second kappa shape index (κ2) is 4.63. The predicted octanol–water partition coefficient (Wildman–Crippen LogP) is 3.80. The van der Waals surface area contributed by atoms with Crippen molar-refractivity contribution in [2.45, 2.75) is 12.8 Å². The molecule has 0 aliphatic carbocycles. The van der Waals surface area contributed by atoms with E-state index < -0.39 is 0 Å². The van der Waals surface area contributed by atoms with E-state index in [0.29, 0.717) is 11.7 Å². The van der Waals surface area contributed by atoms with Crippen LogP contribution in [0.2, 0.25) is 0 Å². The van der Waals surface area contributed by atoms with Crippen LogP contribution in [-0.2, 0) is 5.88 Å². The van der Waals surface area contributed by atoms with E-state index in [0.717, 1.165) is 27.0 Å². The van der Waals surface area contributed by atoms with Gasteiger partial charge in [0.15, 0.2) is 5.82 Å². The van der Waals surface area contributed by atoms with Crippen molar-refractivity contribution in [1.29, 1.82) is 0 Å². The summed E-state index contributed by atoms with van der Waals surface area (Å²) in [6.45, 7) is 1.94. The number of aromatic nitrogens is 3. The molecular formula is C13H10ClN3S. The molecule has 0 fully saturated rings. The van der Waals surface area contributed by atoms with E-state index in [1.54, 1.807) is 17.5 Å². The van der Waals surface area contributed by atoms with E-state index in [1.165, 1.54) is 0 Å². The maximum absolute atomic E-state index is 5.80. The second-order valence-corrected chi connectivity index (χ2v) is 5.18. The fraction of sp³-hybridized carbons (Fsp3) is 0.154. The fourth-order valence-electron chi connectivity index (χ4n) is 1.73. The third kappa shape index (κ3) is 1.98. The number of pyridine rings is 1. The molecule has 0 saturated heterocycles. The van der Waals surface area contributed by atoms with Crippen molar-refractivity contribution in [2.75, 3.05) is 0 Å². The first kappa shape index (κ1) is 11.6.